The SMILES string of the molecule is COc1ccccc1NC(=O)CC(c1ccc2c(c1)OCCO2)C(C)C. The van der Waals surface area contributed by atoms with Crippen LogP contribution in [-0.2, 0) is 4.79 Å². The highest BCUT2D eigenvalue weighted by Gasteiger charge is 2.22. The van der Waals surface area contributed by atoms with Crippen molar-refractivity contribution >= 4 is 11.6 Å². The van der Waals surface area contributed by atoms with Crippen LogP contribution in [0.2, 0.25) is 0 Å². The van der Waals surface area contributed by atoms with Gasteiger partial charge in [-0.3, -0.25) is 4.79 Å². The third kappa shape index (κ3) is 4.10. The lowest BCUT2D eigenvalue weighted by Gasteiger charge is -2.24. The van der Waals surface area contributed by atoms with Gasteiger partial charge in [0.2, 0.25) is 5.91 Å². The number of para-hydroxylation sites is 2. The minimum Gasteiger partial charge on any atom is -0.495 e. The molecule has 1 N–H and O–H groups in total. The van der Waals surface area contributed by atoms with Crippen molar-refractivity contribution in [3.63, 3.8) is 0 Å². The van der Waals surface area contributed by atoms with Crippen LogP contribution in [0, 0.1) is 5.92 Å². The molecule has 1 atom stereocenters. The topological polar surface area (TPSA) is 56.8 Å². The van der Waals surface area contributed by atoms with Gasteiger partial charge in [-0.1, -0.05) is 32.0 Å². The van der Waals surface area contributed by atoms with E-state index in [2.05, 4.69) is 19.2 Å². The molecule has 0 aliphatic carbocycles. The standard InChI is InChI=1S/C21H25NO4/c1-14(2)16(15-8-9-19-20(12-15)26-11-10-25-19)13-21(23)22-17-6-4-5-7-18(17)24-3/h4-9,12,14,16H,10-11,13H2,1-3H3,(H,22,23). The molecule has 5 heteroatoms. The fourth-order valence-electron chi connectivity index (χ4n) is 3.18. The minimum absolute atomic E-state index is 0.0388. The van der Waals surface area contributed by atoms with E-state index in [0.717, 1.165) is 17.1 Å². The van der Waals surface area contributed by atoms with Crippen LogP contribution in [0.1, 0.15) is 31.7 Å². The first-order valence-corrected chi connectivity index (χ1v) is 8.91. The quantitative estimate of drug-likeness (QED) is 0.842. The average Bonchev–Trinajstić information content (AvgIpc) is 2.66. The molecule has 138 valence electrons. The summed E-state index contributed by atoms with van der Waals surface area (Å²) in [7, 11) is 1.59. The zero-order valence-electron chi connectivity index (χ0n) is 15.5. The van der Waals surface area contributed by atoms with Crippen molar-refractivity contribution in [1.29, 1.82) is 0 Å². The molecule has 0 bridgehead atoms. The Labute approximate surface area is 154 Å². The molecule has 1 aliphatic heterocycles. The van der Waals surface area contributed by atoms with Gasteiger partial charge in [-0.05, 0) is 41.7 Å². The number of carbonyl (C=O) groups is 1. The Hall–Kier alpha value is -2.69. The monoisotopic (exact) mass is 355 g/mol. The second-order valence-electron chi connectivity index (χ2n) is 6.71. The van der Waals surface area contributed by atoms with E-state index in [0.29, 0.717) is 37.0 Å². The maximum absolute atomic E-state index is 12.6. The number of hydrogen-bond acceptors (Lipinski definition) is 4. The Morgan fingerprint density at radius 1 is 1.12 bits per heavy atom. The van der Waals surface area contributed by atoms with Crippen molar-refractivity contribution in [2.45, 2.75) is 26.2 Å². The van der Waals surface area contributed by atoms with Crippen LogP contribution in [-0.4, -0.2) is 26.2 Å². The lowest BCUT2D eigenvalue weighted by atomic mass is 9.85. The first-order valence-electron chi connectivity index (χ1n) is 8.91. The van der Waals surface area contributed by atoms with Crippen LogP contribution >= 0.6 is 0 Å². The zero-order chi connectivity index (χ0) is 18.5. The van der Waals surface area contributed by atoms with Gasteiger partial charge < -0.3 is 19.5 Å². The van der Waals surface area contributed by atoms with Gasteiger partial charge in [-0.15, -0.1) is 0 Å². The highest BCUT2D eigenvalue weighted by atomic mass is 16.6. The van der Waals surface area contributed by atoms with Gasteiger partial charge in [0, 0.05) is 6.42 Å². The van der Waals surface area contributed by atoms with Crippen LogP contribution < -0.4 is 19.5 Å². The molecule has 1 aliphatic rings. The summed E-state index contributed by atoms with van der Waals surface area (Å²) in [6, 6.07) is 13.4. The molecule has 0 radical (unpaired) electrons. The first kappa shape index (κ1) is 18.1. The van der Waals surface area contributed by atoms with E-state index in [1.54, 1.807) is 7.11 Å². The summed E-state index contributed by atoms with van der Waals surface area (Å²) in [4.78, 5) is 12.6. The maximum Gasteiger partial charge on any atom is 0.225 e. The molecule has 0 fully saturated rings. The van der Waals surface area contributed by atoms with Gasteiger partial charge in [0.1, 0.15) is 19.0 Å². The van der Waals surface area contributed by atoms with Crippen molar-refractivity contribution < 1.29 is 19.0 Å². The van der Waals surface area contributed by atoms with Crippen molar-refractivity contribution in [3.05, 3.63) is 48.0 Å². The summed E-state index contributed by atoms with van der Waals surface area (Å²) in [5.74, 6) is 2.52. The second-order valence-corrected chi connectivity index (χ2v) is 6.71. The number of rotatable bonds is 6. The molecule has 1 heterocycles. The summed E-state index contributed by atoms with van der Waals surface area (Å²) in [5, 5.41) is 2.96. The Morgan fingerprint density at radius 3 is 2.58 bits per heavy atom. The number of ether oxygens (including phenoxy) is 3. The van der Waals surface area contributed by atoms with Crippen molar-refractivity contribution in [2.24, 2.45) is 5.92 Å². The van der Waals surface area contributed by atoms with E-state index in [1.165, 1.54) is 0 Å². The molecule has 0 aromatic heterocycles. The third-order valence-corrected chi connectivity index (χ3v) is 4.59. The lowest BCUT2D eigenvalue weighted by Crippen LogP contribution is -2.20. The van der Waals surface area contributed by atoms with E-state index in [-0.39, 0.29) is 11.8 Å². The number of hydrogen-bond donors (Lipinski definition) is 1. The van der Waals surface area contributed by atoms with E-state index in [4.69, 9.17) is 14.2 Å². The van der Waals surface area contributed by atoms with E-state index in [1.807, 2.05) is 42.5 Å². The summed E-state index contributed by atoms with van der Waals surface area (Å²) >= 11 is 0. The fraction of sp³-hybridized carbons (Fsp3) is 0.381. The number of anilines is 1. The van der Waals surface area contributed by atoms with Gasteiger partial charge in [0.05, 0.1) is 12.8 Å². The molecule has 26 heavy (non-hydrogen) atoms. The number of nitrogens with one attached hydrogen (secondary N) is 1. The van der Waals surface area contributed by atoms with Gasteiger partial charge in [-0.25, -0.2) is 0 Å². The molecule has 2 aromatic carbocycles. The predicted octanol–water partition coefficient (Wildman–Crippen LogP) is 4.23. The molecular formula is C21H25NO4. The maximum atomic E-state index is 12.6. The van der Waals surface area contributed by atoms with Gasteiger partial charge in [0.25, 0.3) is 0 Å². The normalized spacial score (nSPS) is 14.0. The van der Waals surface area contributed by atoms with Gasteiger partial charge >= 0.3 is 0 Å². The van der Waals surface area contributed by atoms with E-state index >= 15 is 0 Å². The molecule has 0 saturated carbocycles. The summed E-state index contributed by atoms with van der Waals surface area (Å²) < 4.78 is 16.6. The number of fused-ring (bicyclic) bond motifs is 1. The lowest BCUT2D eigenvalue weighted by molar-refractivity contribution is -0.116. The number of amides is 1. The molecule has 2 aromatic rings. The minimum atomic E-state index is -0.0388. The van der Waals surface area contributed by atoms with Crippen molar-refractivity contribution in [1.82, 2.24) is 0 Å². The van der Waals surface area contributed by atoms with Gasteiger partial charge in [0.15, 0.2) is 11.5 Å². The average molecular weight is 355 g/mol. The number of carbonyl (C=O) groups excluding carboxylic acids is 1. The van der Waals surface area contributed by atoms with Crippen LogP contribution in [0.3, 0.4) is 0 Å². The van der Waals surface area contributed by atoms with E-state index in [9.17, 15) is 4.79 Å². The summed E-state index contributed by atoms with van der Waals surface area (Å²) in [6.45, 7) is 5.37. The Morgan fingerprint density at radius 2 is 1.85 bits per heavy atom. The van der Waals surface area contributed by atoms with Crippen molar-refractivity contribution in [2.75, 3.05) is 25.6 Å². The van der Waals surface area contributed by atoms with Crippen LogP contribution in [0.15, 0.2) is 42.5 Å². The van der Waals surface area contributed by atoms with Crippen LogP contribution in [0.25, 0.3) is 0 Å². The summed E-state index contributed by atoms with van der Waals surface area (Å²) in [5.41, 5.74) is 1.77. The Balaban J connectivity index is 1.75. The molecule has 0 saturated heterocycles. The molecule has 0 spiro atoms. The molecule has 5 nitrogen and oxygen atoms in total. The molecule has 1 unspecified atom stereocenters. The zero-order valence-corrected chi connectivity index (χ0v) is 15.5. The number of benzene rings is 2. The Bertz CT molecular complexity index is 772. The molecule has 3 rings (SSSR count). The van der Waals surface area contributed by atoms with E-state index < -0.39 is 0 Å². The predicted molar refractivity (Wildman–Crippen MR) is 101 cm³/mol. The first-order chi connectivity index (χ1) is 12.6. The van der Waals surface area contributed by atoms with Crippen LogP contribution in [0.5, 0.6) is 17.2 Å². The molecule has 1 amide bonds. The highest BCUT2D eigenvalue weighted by Crippen LogP contribution is 2.37. The summed E-state index contributed by atoms with van der Waals surface area (Å²) in [6.07, 6.45) is 0.384. The number of methoxy groups -OCH3 is 1. The van der Waals surface area contributed by atoms with Crippen molar-refractivity contribution in [3.8, 4) is 17.2 Å². The Kier molecular flexibility index (Phi) is 5.66. The third-order valence-electron chi connectivity index (χ3n) is 4.59. The largest absolute Gasteiger partial charge is 0.495 e. The fourth-order valence-corrected chi connectivity index (χ4v) is 3.18. The molecular weight excluding hydrogens is 330 g/mol. The van der Waals surface area contributed by atoms with Crippen LogP contribution in [0.4, 0.5) is 5.69 Å². The highest BCUT2D eigenvalue weighted by molar-refractivity contribution is 5.92. The second kappa shape index (κ2) is 8.13. The smallest absolute Gasteiger partial charge is 0.225 e. The van der Waals surface area contributed by atoms with Gasteiger partial charge in [-0.2, -0.15) is 0 Å².